The lowest BCUT2D eigenvalue weighted by Gasteiger charge is -2.44. The zero-order chi connectivity index (χ0) is 37.1. The molecule has 46 heavy (non-hydrogen) atoms. The molecule has 0 aromatic heterocycles. The number of esters is 2. The van der Waals surface area contributed by atoms with Crippen LogP contribution in [0.3, 0.4) is 0 Å². The molecule has 18 heteroatoms. The zero-order valence-corrected chi connectivity index (χ0v) is 26.5. The van der Waals surface area contributed by atoms with Gasteiger partial charge in [-0.2, -0.15) is 52.7 Å². The van der Waals surface area contributed by atoms with Crippen LogP contribution in [0.25, 0.3) is 0 Å². The first-order valence-corrected chi connectivity index (χ1v) is 13.6. The van der Waals surface area contributed by atoms with Gasteiger partial charge in [0.1, 0.15) is 6.10 Å². The van der Waals surface area contributed by atoms with E-state index in [9.17, 15) is 72.5 Å². The fourth-order valence-electron chi connectivity index (χ4n) is 3.31. The molecule has 0 aromatic carbocycles. The van der Waals surface area contributed by atoms with Crippen LogP contribution in [0.1, 0.15) is 102 Å². The first kappa shape index (κ1) is 48.4. The van der Waals surface area contributed by atoms with Crippen molar-refractivity contribution in [3.8, 4) is 0 Å². The third-order valence-corrected chi connectivity index (χ3v) is 7.38. The van der Waals surface area contributed by atoms with Gasteiger partial charge >= 0.3 is 36.6 Å². The number of carbonyl (C=O) groups excluding carboxylic acids is 2. The largest absolute Gasteiger partial charge is 0.462 e. The molecule has 0 aliphatic carbocycles. The van der Waals surface area contributed by atoms with Crippen LogP contribution in [0.15, 0.2) is 0 Å². The van der Waals surface area contributed by atoms with E-state index < -0.39 is 76.8 Å². The number of carbonyl (C=O) groups is 2. The van der Waals surface area contributed by atoms with Gasteiger partial charge in [-0.25, -0.2) is 0 Å². The molecule has 0 saturated heterocycles. The molecule has 0 radical (unpaired) electrons. The van der Waals surface area contributed by atoms with Crippen LogP contribution in [0, 0.1) is 16.7 Å². The highest BCUT2D eigenvalue weighted by Crippen LogP contribution is 2.51. The fraction of sp³-hybridized carbons (Fsp3) is 0.929. The number of hydrogen-bond donors (Lipinski definition) is 2. The summed E-state index contributed by atoms with van der Waals surface area (Å²) >= 11 is 0. The van der Waals surface area contributed by atoms with Gasteiger partial charge in [0.25, 0.3) is 11.2 Å². The predicted molar refractivity (Wildman–Crippen MR) is 143 cm³/mol. The number of halogens is 12. The van der Waals surface area contributed by atoms with Crippen molar-refractivity contribution in [1.29, 1.82) is 0 Å². The molecule has 278 valence electrons. The lowest BCUT2D eigenvalue weighted by Crippen LogP contribution is -2.70. The molecular formula is C28H46F12O6. The zero-order valence-electron chi connectivity index (χ0n) is 26.5. The Bertz CT molecular complexity index is 949. The van der Waals surface area contributed by atoms with E-state index in [4.69, 9.17) is 4.74 Å². The Kier molecular flexibility index (Phi) is 16.3. The standard InChI is InChI=1S/C15H24F6O3.C12H18F6O3.CH4/c1-6-12(4,5)11(22)24-10(7-9(2)3)8-13(23,14(16,17)18)15(19,20)21;1-6-8(2,3)7(19)21-9(4,5)10(20,11(13,14)15)12(16,17)18;/h9-10,23H,6-8H2,1-5H3;20H,6H2,1-5H3;1H4. The highest BCUT2D eigenvalue weighted by atomic mass is 19.4. The maximum Gasteiger partial charge on any atom is 0.430 e. The maximum absolute atomic E-state index is 12.8. The highest BCUT2D eigenvalue weighted by Gasteiger charge is 2.79. The molecular weight excluding hydrogens is 660 g/mol. The molecule has 0 bridgehead atoms. The summed E-state index contributed by atoms with van der Waals surface area (Å²) in [5, 5.41) is 18.6. The van der Waals surface area contributed by atoms with E-state index in [1.54, 1.807) is 20.8 Å². The quantitative estimate of drug-likeness (QED) is 0.165. The first-order valence-electron chi connectivity index (χ1n) is 13.6. The number of ether oxygens (including phenoxy) is 2. The minimum Gasteiger partial charge on any atom is -0.462 e. The van der Waals surface area contributed by atoms with E-state index in [-0.39, 0.29) is 26.2 Å². The fourth-order valence-corrected chi connectivity index (χ4v) is 3.31. The average Bonchev–Trinajstić information content (AvgIpc) is 2.79. The molecule has 2 N–H and O–H groups in total. The summed E-state index contributed by atoms with van der Waals surface area (Å²) in [4.78, 5) is 23.8. The van der Waals surface area contributed by atoms with Crippen molar-refractivity contribution in [1.82, 2.24) is 0 Å². The molecule has 6 nitrogen and oxygen atoms in total. The molecule has 0 aliphatic heterocycles. The highest BCUT2D eigenvalue weighted by molar-refractivity contribution is 5.76. The minimum atomic E-state index is -6.06. The van der Waals surface area contributed by atoms with Gasteiger partial charge in [0.05, 0.1) is 10.8 Å². The molecule has 0 spiro atoms. The van der Waals surface area contributed by atoms with Crippen molar-refractivity contribution in [2.24, 2.45) is 16.7 Å². The number of alkyl halides is 12. The number of aliphatic hydroxyl groups is 2. The van der Waals surface area contributed by atoms with Gasteiger partial charge in [-0.1, -0.05) is 35.1 Å². The van der Waals surface area contributed by atoms with Crippen molar-refractivity contribution in [2.75, 3.05) is 0 Å². The monoisotopic (exact) mass is 706 g/mol. The van der Waals surface area contributed by atoms with Crippen LogP contribution >= 0.6 is 0 Å². The maximum atomic E-state index is 12.8. The summed E-state index contributed by atoms with van der Waals surface area (Å²) in [7, 11) is 0. The van der Waals surface area contributed by atoms with Crippen molar-refractivity contribution < 1.29 is 82.0 Å². The molecule has 0 aliphatic rings. The van der Waals surface area contributed by atoms with Crippen LogP contribution in [-0.2, 0) is 19.1 Å². The predicted octanol–water partition coefficient (Wildman–Crippen LogP) is 8.86. The second kappa shape index (κ2) is 15.5. The van der Waals surface area contributed by atoms with Crippen LogP contribution in [0.5, 0.6) is 0 Å². The van der Waals surface area contributed by atoms with E-state index >= 15 is 0 Å². The van der Waals surface area contributed by atoms with Gasteiger partial charge in [0.2, 0.25) is 0 Å². The molecule has 0 rings (SSSR count). The summed E-state index contributed by atoms with van der Waals surface area (Å²) in [5.41, 5.74) is -15.7. The van der Waals surface area contributed by atoms with Gasteiger partial charge in [-0.3, -0.25) is 9.59 Å². The summed E-state index contributed by atoms with van der Waals surface area (Å²) in [6.07, 6.45) is -27.3. The number of hydrogen-bond acceptors (Lipinski definition) is 6. The van der Waals surface area contributed by atoms with Crippen molar-refractivity contribution >= 4 is 11.9 Å². The Morgan fingerprint density at radius 2 is 0.957 bits per heavy atom. The Balaban J connectivity index is -0.000000794. The van der Waals surface area contributed by atoms with Gasteiger partial charge in [-0.05, 0) is 66.7 Å². The minimum absolute atomic E-state index is 0. The lowest BCUT2D eigenvalue weighted by molar-refractivity contribution is -0.408. The Morgan fingerprint density at radius 3 is 1.22 bits per heavy atom. The molecule has 0 fully saturated rings. The van der Waals surface area contributed by atoms with E-state index in [0.717, 1.165) is 0 Å². The normalized spacial score (nSPS) is 15.0. The Hall–Kier alpha value is -1.98. The molecule has 0 heterocycles. The Morgan fingerprint density at radius 1 is 0.630 bits per heavy atom. The van der Waals surface area contributed by atoms with Gasteiger partial charge in [-0.15, -0.1) is 0 Å². The van der Waals surface area contributed by atoms with Crippen LogP contribution in [0.4, 0.5) is 52.7 Å². The average molecular weight is 707 g/mol. The van der Waals surface area contributed by atoms with Crippen molar-refractivity contribution in [2.45, 2.75) is 150 Å². The third kappa shape index (κ3) is 11.3. The van der Waals surface area contributed by atoms with Gasteiger partial charge < -0.3 is 19.7 Å². The summed E-state index contributed by atoms with van der Waals surface area (Å²) in [6, 6.07) is 0. The summed E-state index contributed by atoms with van der Waals surface area (Å²) < 4.78 is 163. The van der Waals surface area contributed by atoms with E-state index in [1.165, 1.54) is 34.6 Å². The lowest BCUT2D eigenvalue weighted by atomic mass is 9.83. The third-order valence-electron chi connectivity index (χ3n) is 7.38. The van der Waals surface area contributed by atoms with Crippen molar-refractivity contribution in [3.63, 3.8) is 0 Å². The Labute approximate surface area is 261 Å². The second-order valence-electron chi connectivity index (χ2n) is 12.8. The molecule has 0 amide bonds. The van der Waals surface area contributed by atoms with E-state index in [2.05, 4.69) is 4.74 Å². The van der Waals surface area contributed by atoms with Gasteiger partial charge in [0, 0.05) is 6.42 Å². The second-order valence-corrected chi connectivity index (χ2v) is 12.8. The summed E-state index contributed by atoms with van der Waals surface area (Å²) in [6.45, 7) is 12.6. The van der Waals surface area contributed by atoms with Crippen LogP contribution < -0.4 is 0 Å². The van der Waals surface area contributed by atoms with Crippen molar-refractivity contribution in [3.05, 3.63) is 0 Å². The molecule has 1 atom stereocenters. The van der Waals surface area contributed by atoms with E-state index in [0.29, 0.717) is 20.3 Å². The van der Waals surface area contributed by atoms with E-state index in [1.807, 2.05) is 0 Å². The smallest absolute Gasteiger partial charge is 0.430 e. The topological polar surface area (TPSA) is 93.1 Å². The van der Waals surface area contributed by atoms with Gasteiger partial charge in [0.15, 0.2) is 5.60 Å². The molecule has 0 aromatic rings. The molecule has 1 unspecified atom stereocenters. The molecule has 0 saturated carbocycles. The van der Waals surface area contributed by atoms with Crippen LogP contribution in [0.2, 0.25) is 0 Å². The summed E-state index contributed by atoms with van der Waals surface area (Å²) in [5.74, 6) is -2.50. The first-order chi connectivity index (χ1) is 19.4. The van der Waals surface area contributed by atoms with Crippen LogP contribution in [-0.4, -0.2) is 69.8 Å². The number of rotatable bonds is 11. The SMILES string of the molecule is C.CCC(C)(C)C(=O)OC(C)(C)C(O)(C(F)(F)F)C(F)(F)F.CCC(C)(C)C(=O)OC(CC(C)C)CC(O)(C(F)(F)F)C(F)(F)F.